The van der Waals surface area contributed by atoms with Crippen LogP contribution in [0.15, 0.2) is 22.7 Å². The van der Waals surface area contributed by atoms with Crippen LogP contribution in [0.2, 0.25) is 0 Å². The third-order valence-corrected chi connectivity index (χ3v) is 3.58. The van der Waals surface area contributed by atoms with E-state index in [1.807, 2.05) is 0 Å². The lowest BCUT2D eigenvalue weighted by Crippen LogP contribution is -2.07. The topological polar surface area (TPSA) is 79.4 Å². The highest BCUT2D eigenvalue weighted by atomic mass is 32.2. The summed E-state index contributed by atoms with van der Waals surface area (Å²) >= 11 is 1.71. The minimum atomic E-state index is -0.0846. The van der Waals surface area contributed by atoms with E-state index in [4.69, 9.17) is 4.52 Å². The van der Waals surface area contributed by atoms with Crippen LogP contribution in [0.1, 0.15) is 26.6 Å². The Morgan fingerprint density at radius 1 is 1.26 bits per heavy atom. The largest absolute Gasteiger partial charge is 0.508 e. The fraction of sp³-hybridized carbons (Fsp3) is 0.385. The number of phenolic OH excluding ortho intramolecular Hbond substituents is 2. The zero-order valence-electron chi connectivity index (χ0n) is 11.0. The average molecular weight is 280 g/mol. The summed E-state index contributed by atoms with van der Waals surface area (Å²) in [5.74, 6) is 1.39. The number of phenols is 2. The van der Waals surface area contributed by atoms with Crippen molar-refractivity contribution in [2.75, 3.05) is 0 Å². The molecule has 0 aliphatic carbocycles. The molecule has 0 radical (unpaired) electrons. The maximum Gasteiger partial charge on any atom is 0.261 e. The van der Waals surface area contributed by atoms with Gasteiger partial charge in [0, 0.05) is 10.8 Å². The molecule has 0 saturated carbocycles. The zero-order valence-corrected chi connectivity index (χ0v) is 11.9. The summed E-state index contributed by atoms with van der Waals surface area (Å²) in [6.07, 6.45) is 0. The molecule has 2 aromatic rings. The number of thioether (sulfide) groups is 1. The molecule has 0 fully saturated rings. The van der Waals surface area contributed by atoms with Gasteiger partial charge in [0.2, 0.25) is 0 Å². The Labute approximate surface area is 115 Å². The van der Waals surface area contributed by atoms with Gasteiger partial charge >= 0.3 is 0 Å². The summed E-state index contributed by atoms with van der Waals surface area (Å²) < 4.78 is 5.25. The third kappa shape index (κ3) is 3.64. The fourth-order valence-electron chi connectivity index (χ4n) is 1.40. The van der Waals surface area contributed by atoms with Crippen molar-refractivity contribution in [3.05, 3.63) is 24.0 Å². The van der Waals surface area contributed by atoms with E-state index in [1.165, 1.54) is 12.1 Å². The number of hydrogen-bond acceptors (Lipinski definition) is 6. The molecule has 6 heteroatoms. The van der Waals surface area contributed by atoms with Crippen LogP contribution in [0, 0.1) is 0 Å². The van der Waals surface area contributed by atoms with Gasteiger partial charge in [-0.25, -0.2) is 0 Å². The van der Waals surface area contributed by atoms with Crippen LogP contribution in [0.5, 0.6) is 11.5 Å². The highest BCUT2D eigenvalue weighted by molar-refractivity contribution is 7.99. The van der Waals surface area contributed by atoms with Crippen molar-refractivity contribution in [3.63, 3.8) is 0 Å². The van der Waals surface area contributed by atoms with E-state index in [0.29, 0.717) is 17.1 Å². The molecule has 0 unspecified atom stereocenters. The first kappa shape index (κ1) is 13.7. The van der Waals surface area contributed by atoms with Crippen molar-refractivity contribution >= 4 is 11.8 Å². The smallest absolute Gasteiger partial charge is 0.261 e. The summed E-state index contributed by atoms with van der Waals surface area (Å²) in [5.41, 5.74) is 0.414. The van der Waals surface area contributed by atoms with Gasteiger partial charge in [0.25, 0.3) is 5.89 Å². The van der Waals surface area contributed by atoms with Gasteiger partial charge in [0.05, 0.1) is 11.3 Å². The number of benzene rings is 1. The summed E-state index contributed by atoms with van der Waals surface area (Å²) in [6.45, 7) is 6.35. The molecular formula is C13H16N2O3S. The maximum absolute atomic E-state index is 9.72. The Balaban J connectivity index is 2.16. The van der Waals surface area contributed by atoms with Gasteiger partial charge in [-0.3, -0.25) is 0 Å². The van der Waals surface area contributed by atoms with Crippen molar-refractivity contribution in [2.45, 2.75) is 31.3 Å². The molecule has 0 saturated heterocycles. The predicted molar refractivity (Wildman–Crippen MR) is 74.1 cm³/mol. The molecule has 0 spiro atoms. The van der Waals surface area contributed by atoms with Crippen molar-refractivity contribution in [3.8, 4) is 23.0 Å². The number of rotatable bonds is 3. The number of hydrogen-bond donors (Lipinski definition) is 2. The van der Waals surface area contributed by atoms with Crippen molar-refractivity contribution in [1.82, 2.24) is 10.1 Å². The van der Waals surface area contributed by atoms with E-state index >= 15 is 0 Å². The Bertz CT molecular complexity index is 576. The molecule has 1 aromatic carbocycles. The van der Waals surface area contributed by atoms with Gasteiger partial charge in [-0.15, -0.1) is 11.8 Å². The highest BCUT2D eigenvalue weighted by Gasteiger charge is 2.16. The minimum Gasteiger partial charge on any atom is -0.508 e. The molecule has 5 nitrogen and oxygen atoms in total. The van der Waals surface area contributed by atoms with Crippen LogP contribution < -0.4 is 0 Å². The fourth-order valence-corrected chi connectivity index (χ4v) is 2.08. The Hall–Kier alpha value is -1.69. The minimum absolute atomic E-state index is 0.00993. The van der Waals surface area contributed by atoms with E-state index in [-0.39, 0.29) is 22.1 Å². The monoisotopic (exact) mass is 280 g/mol. The van der Waals surface area contributed by atoms with Crippen molar-refractivity contribution in [2.24, 2.45) is 0 Å². The summed E-state index contributed by atoms with van der Waals surface area (Å²) in [4.78, 5) is 4.23. The van der Waals surface area contributed by atoms with Crippen LogP contribution in [-0.4, -0.2) is 25.1 Å². The predicted octanol–water partition coefficient (Wildman–Crippen LogP) is 3.18. The second-order valence-corrected chi connectivity index (χ2v) is 6.92. The molecule has 19 heavy (non-hydrogen) atoms. The Morgan fingerprint density at radius 3 is 2.63 bits per heavy atom. The molecule has 2 rings (SSSR count). The Kier molecular flexibility index (Phi) is 3.71. The van der Waals surface area contributed by atoms with E-state index in [2.05, 4.69) is 30.9 Å². The quantitative estimate of drug-likeness (QED) is 0.899. The second-order valence-electron chi connectivity index (χ2n) is 5.12. The second kappa shape index (κ2) is 5.13. The molecule has 1 aromatic heterocycles. The molecular weight excluding hydrogens is 264 g/mol. The van der Waals surface area contributed by atoms with Crippen LogP contribution in [0.4, 0.5) is 0 Å². The summed E-state index contributed by atoms with van der Waals surface area (Å²) in [7, 11) is 0. The van der Waals surface area contributed by atoms with Crippen LogP contribution in [0.3, 0.4) is 0 Å². The van der Waals surface area contributed by atoms with Gasteiger partial charge in [0.1, 0.15) is 11.5 Å². The lowest BCUT2D eigenvalue weighted by molar-refractivity contribution is 0.418. The number of aromatic hydroxyl groups is 2. The number of aromatic nitrogens is 2. The van der Waals surface area contributed by atoms with E-state index in [0.717, 1.165) is 0 Å². The third-order valence-electron chi connectivity index (χ3n) is 2.31. The standard InChI is InChI=1S/C13H16N2O3S/c1-13(2,3)19-7-11-14-12(18-15-11)9-5-4-8(16)6-10(9)17/h4-6,16-17H,7H2,1-3H3. The summed E-state index contributed by atoms with van der Waals surface area (Å²) in [5, 5.41) is 22.8. The Morgan fingerprint density at radius 2 is 2.00 bits per heavy atom. The van der Waals surface area contributed by atoms with E-state index < -0.39 is 0 Å². The summed E-state index contributed by atoms with van der Waals surface area (Å²) in [6, 6.07) is 4.24. The molecule has 0 aliphatic heterocycles. The van der Waals surface area contributed by atoms with Gasteiger partial charge in [-0.05, 0) is 12.1 Å². The average Bonchev–Trinajstić information content (AvgIpc) is 2.74. The molecule has 0 atom stereocenters. The van der Waals surface area contributed by atoms with Crippen molar-refractivity contribution < 1.29 is 14.7 Å². The van der Waals surface area contributed by atoms with Gasteiger partial charge in [-0.2, -0.15) is 4.98 Å². The van der Waals surface area contributed by atoms with Gasteiger partial charge < -0.3 is 14.7 Å². The SMILES string of the molecule is CC(C)(C)SCc1noc(-c2ccc(O)cc2O)n1. The first-order valence-electron chi connectivity index (χ1n) is 5.84. The van der Waals surface area contributed by atoms with E-state index in [1.54, 1.807) is 17.8 Å². The molecule has 2 N–H and O–H groups in total. The normalized spacial score (nSPS) is 11.7. The van der Waals surface area contributed by atoms with Gasteiger partial charge in [0.15, 0.2) is 5.82 Å². The highest BCUT2D eigenvalue weighted by Crippen LogP contribution is 2.32. The molecule has 0 bridgehead atoms. The lowest BCUT2D eigenvalue weighted by Gasteiger charge is -2.15. The van der Waals surface area contributed by atoms with Gasteiger partial charge in [-0.1, -0.05) is 25.9 Å². The molecule has 1 heterocycles. The maximum atomic E-state index is 9.72. The molecule has 0 amide bonds. The van der Waals surface area contributed by atoms with E-state index in [9.17, 15) is 10.2 Å². The van der Waals surface area contributed by atoms with Crippen LogP contribution >= 0.6 is 11.8 Å². The molecule has 0 aliphatic rings. The van der Waals surface area contributed by atoms with Crippen molar-refractivity contribution in [1.29, 1.82) is 0 Å². The van der Waals surface area contributed by atoms with Crippen LogP contribution in [-0.2, 0) is 5.75 Å². The number of nitrogens with zero attached hydrogens (tertiary/aromatic N) is 2. The first-order valence-corrected chi connectivity index (χ1v) is 6.82. The lowest BCUT2D eigenvalue weighted by atomic mass is 10.2. The molecule has 102 valence electrons. The van der Waals surface area contributed by atoms with Crippen LogP contribution in [0.25, 0.3) is 11.5 Å². The first-order chi connectivity index (χ1) is 8.85. The zero-order chi connectivity index (χ0) is 14.0.